The summed E-state index contributed by atoms with van der Waals surface area (Å²) >= 11 is 2.92. The van der Waals surface area contributed by atoms with Crippen molar-refractivity contribution in [1.82, 2.24) is 15.3 Å². The number of thioether (sulfide) groups is 1. The van der Waals surface area contributed by atoms with Crippen LogP contribution in [-0.4, -0.2) is 27.7 Å². The second-order valence-electron chi connectivity index (χ2n) is 5.42. The lowest BCUT2D eigenvalue weighted by Gasteiger charge is -2.10. The van der Waals surface area contributed by atoms with Gasteiger partial charge in [0, 0.05) is 11.4 Å². The third-order valence-corrected chi connectivity index (χ3v) is 5.98. The SMILES string of the molecule is CCNC(=O)[C@H](C)Sc1nc2sc3c(c2c(=O)[nH]1)CCCC3. The summed E-state index contributed by atoms with van der Waals surface area (Å²) in [6.07, 6.45) is 4.35. The van der Waals surface area contributed by atoms with Gasteiger partial charge in [-0.15, -0.1) is 11.3 Å². The Morgan fingerprint density at radius 3 is 3.00 bits per heavy atom. The Bertz CT molecular complexity index is 766. The van der Waals surface area contributed by atoms with Gasteiger partial charge in [-0.25, -0.2) is 4.98 Å². The molecule has 5 nitrogen and oxygen atoms in total. The average molecular weight is 337 g/mol. The lowest BCUT2D eigenvalue weighted by molar-refractivity contribution is -0.120. The number of fused-ring (bicyclic) bond motifs is 3. The monoisotopic (exact) mass is 337 g/mol. The van der Waals surface area contributed by atoms with Crippen molar-refractivity contribution < 1.29 is 4.79 Å². The highest BCUT2D eigenvalue weighted by Gasteiger charge is 2.21. The van der Waals surface area contributed by atoms with Crippen molar-refractivity contribution in [3.05, 3.63) is 20.8 Å². The van der Waals surface area contributed by atoms with Gasteiger partial charge in [0.1, 0.15) is 4.83 Å². The van der Waals surface area contributed by atoms with Gasteiger partial charge in [0.05, 0.1) is 10.6 Å². The van der Waals surface area contributed by atoms with Crippen molar-refractivity contribution in [2.45, 2.75) is 49.9 Å². The van der Waals surface area contributed by atoms with Gasteiger partial charge in [-0.1, -0.05) is 11.8 Å². The number of aromatic amines is 1. The molecular weight excluding hydrogens is 318 g/mol. The molecule has 22 heavy (non-hydrogen) atoms. The zero-order chi connectivity index (χ0) is 15.7. The summed E-state index contributed by atoms with van der Waals surface area (Å²) < 4.78 is 0. The predicted octanol–water partition coefficient (Wildman–Crippen LogP) is 2.48. The number of nitrogens with one attached hydrogen (secondary N) is 2. The first kappa shape index (κ1) is 15.6. The van der Waals surface area contributed by atoms with E-state index < -0.39 is 0 Å². The van der Waals surface area contributed by atoms with Gasteiger partial charge in [-0.3, -0.25) is 9.59 Å². The first-order valence-corrected chi connectivity index (χ1v) is 9.28. The van der Waals surface area contributed by atoms with Crippen LogP contribution in [0.4, 0.5) is 0 Å². The van der Waals surface area contributed by atoms with E-state index in [0.29, 0.717) is 11.7 Å². The van der Waals surface area contributed by atoms with Crippen LogP contribution in [0.2, 0.25) is 0 Å². The number of nitrogens with zero attached hydrogens (tertiary/aromatic N) is 1. The molecule has 0 saturated heterocycles. The normalized spacial score (nSPS) is 15.5. The largest absolute Gasteiger partial charge is 0.355 e. The molecule has 3 rings (SSSR count). The summed E-state index contributed by atoms with van der Waals surface area (Å²) in [5, 5.41) is 3.78. The summed E-state index contributed by atoms with van der Waals surface area (Å²) in [6, 6.07) is 0. The van der Waals surface area contributed by atoms with E-state index in [2.05, 4.69) is 15.3 Å². The second kappa shape index (κ2) is 6.42. The maximum absolute atomic E-state index is 12.4. The van der Waals surface area contributed by atoms with Crippen molar-refractivity contribution in [2.24, 2.45) is 0 Å². The molecule has 2 aromatic rings. The zero-order valence-corrected chi connectivity index (χ0v) is 14.3. The van der Waals surface area contributed by atoms with Crippen molar-refractivity contribution in [3.8, 4) is 0 Å². The van der Waals surface area contributed by atoms with E-state index in [-0.39, 0.29) is 16.7 Å². The molecular formula is C15H19N3O2S2. The van der Waals surface area contributed by atoms with Crippen molar-refractivity contribution in [3.63, 3.8) is 0 Å². The number of hydrogen-bond donors (Lipinski definition) is 2. The first-order chi connectivity index (χ1) is 10.6. The fourth-order valence-corrected chi connectivity index (χ4v) is 4.88. The van der Waals surface area contributed by atoms with Crippen LogP contribution in [0.15, 0.2) is 9.95 Å². The van der Waals surface area contributed by atoms with E-state index in [1.807, 2.05) is 13.8 Å². The molecule has 0 spiro atoms. The predicted molar refractivity (Wildman–Crippen MR) is 90.9 cm³/mol. The van der Waals surface area contributed by atoms with Crippen LogP contribution in [0.5, 0.6) is 0 Å². The molecule has 1 aliphatic rings. The number of thiophene rings is 1. The van der Waals surface area contributed by atoms with Gasteiger partial charge in [0.15, 0.2) is 5.16 Å². The number of carbonyl (C=O) groups is 1. The molecule has 0 bridgehead atoms. The number of aryl methyl sites for hydroxylation is 2. The van der Waals surface area contributed by atoms with Crippen LogP contribution in [0.3, 0.4) is 0 Å². The summed E-state index contributed by atoms with van der Waals surface area (Å²) in [6.45, 7) is 4.31. The fourth-order valence-electron chi connectivity index (χ4n) is 2.74. The minimum atomic E-state index is -0.282. The molecule has 0 aromatic carbocycles. The molecule has 0 fully saturated rings. The highest BCUT2D eigenvalue weighted by atomic mass is 32.2. The summed E-state index contributed by atoms with van der Waals surface area (Å²) in [7, 11) is 0. The third kappa shape index (κ3) is 2.92. The molecule has 118 valence electrons. The van der Waals surface area contributed by atoms with Crippen LogP contribution in [0.1, 0.15) is 37.1 Å². The number of aromatic nitrogens is 2. The molecule has 1 atom stereocenters. The minimum absolute atomic E-state index is 0.0410. The Balaban J connectivity index is 1.93. The standard InChI is InChI=1S/C15H19N3O2S2/c1-3-16-12(19)8(2)21-15-17-13(20)11-9-6-4-5-7-10(9)22-14(11)18-15/h8H,3-7H2,1-2H3,(H,16,19)(H,17,18,20)/t8-/m0/s1. The molecule has 2 heterocycles. The Morgan fingerprint density at radius 1 is 1.45 bits per heavy atom. The van der Waals surface area contributed by atoms with E-state index in [1.165, 1.54) is 28.6 Å². The Labute approximate surface area is 136 Å². The van der Waals surface area contributed by atoms with Crippen LogP contribution >= 0.6 is 23.1 Å². The molecule has 0 saturated carbocycles. The summed E-state index contributed by atoms with van der Waals surface area (Å²) in [5.41, 5.74) is 1.11. The topological polar surface area (TPSA) is 74.8 Å². The van der Waals surface area contributed by atoms with Gasteiger partial charge < -0.3 is 10.3 Å². The Kier molecular flexibility index (Phi) is 4.54. The van der Waals surface area contributed by atoms with Gasteiger partial charge >= 0.3 is 0 Å². The minimum Gasteiger partial charge on any atom is -0.355 e. The van der Waals surface area contributed by atoms with Gasteiger partial charge in [0.25, 0.3) is 5.56 Å². The average Bonchev–Trinajstić information content (AvgIpc) is 2.85. The number of hydrogen-bond acceptors (Lipinski definition) is 5. The van der Waals surface area contributed by atoms with Crippen LogP contribution in [-0.2, 0) is 17.6 Å². The second-order valence-corrected chi connectivity index (χ2v) is 7.83. The quantitative estimate of drug-likeness (QED) is 0.664. The van der Waals surface area contributed by atoms with E-state index >= 15 is 0 Å². The molecule has 1 aliphatic carbocycles. The lowest BCUT2D eigenvalue weighted by Crippen LogP contribution is -2.30. The van der Waals surface area contributed by atoms with Crippen LogP contribution < -0.4 is 10.9 Å². The first-order valence-electron chi connectivity index (χ1n) is 7.59. The molecule has 0 aliphatic heterocycles. The number of H-pyrrole nitrogens is 1. The Morgan fingerprint density at radius 2 is 2.23 bits per heavy atom. The summed E-state index contributed by atoms with van der Waals surface area (Å²) in [4.78, 5) is 33.7. The van der Waals surface area contributed by atoms with E-state index in [4.69, 9.17) is 0 Å². The molecule has 2 N–H and O–H groups in total. The zero-order valence-electron chi connectivity index (χ0n) is 12.7. The van der Waals surface area contributed by atoms with E-state index in [1.54, 1.807) is 11.3 Å². The number of carbonyl (C=O) groups excluding carboxylic acids is 1. The van der Waals surface area contributed by atoms with E-state index in [0.717, 1.165) is 29.5 Å². The molecule has 7 heteroatoms. The van der Waals surface area contributed by atoms with Gasteiger partial charge in [-0.05, 0) is 45.1 Å². The van der Waals surface area contributed by atoms with Gasteiger partial charge in [0.2, 0.25) is 5.91 Å². The highest BCUT2D eigenvalue weighted by molar-refractivity contribution is 8.00. The van der Waals surface area contributed by atoms with Crippen molar-refractivity contribution in [2.75, 3.05) is 6.54 Å². The van der Waals surface area contributed by atoms with E-state index in [9.17, 15) is 9.59 Å². The fraction of sp³-hybridized carbons (Fsp3) is 0.533. The van der Waals surface area contributed by atoms with Crippen molar-refractivity contribution >= 4 is 39.2 Å². The number of rotatable bonds is 4. The molecule has 0 radical (unpaired) electrons. The van der Waals surface area contributed by atoms with Gasteiger partial charge in [-0.2, -0.15) is 0 Å². The summed E-state index contributed by atoms with van der Waals surface area (Å²) in [5.74, 6) is -0.0410. The highest BCUT2D eigenvalue weighted by Crippen LogP contribution is 2.34. The van der Waals surface area contributed by atoms with Crippen LogP contribution in [0, 0.1) is 0 Å². The molecule has 0 unspecified atom stereocenters. The maximum Gasteiger partial charge on any atom is 0.260 e. The maximum atomic E-state index is 12.4. The van der Waals surface area contributed by atoms with Crippen LogP contribution in [0.25, 0.3) is 10.2 Å². The third-order valence-electron chi connectivity index (χ3n) is 3.81. The van der Waals surface area contributed by atoms with Crippen molar-refractivity contribution in [1.29, 1.82) is 0 Å². The smallest absolute Gasteiger partial charge is 0.260 e. The Hall–Kier alpha value is -1.34. The molecule has 2 aromatic heterocycles. The lowest BCUT2D eigenvalue weighted by atomic mass is 9.97. The molecule has 1 amide bonds. The number of amides is 1.